The van der Waals surface area contributed by atoms with E-state index < -0.39 is 0 Å². The Morgan fingerprint density at radius 1 is 0.905 bits per heavy atom. The third kappa shape index (κ3) is 5.33. The topological polar surface area (TPSA) is 38.7 Å². The molecule has 0 aliphatic carbocycles. The van der Waals surface area contributed by atoms with Gasteiger partial charge in [-0.3, -0.25) is 0 Å². The molecule has 0 unspecified atom stereocenters. The van der Waals surface area contributed by atoms with Crippen LogP contribution in [0.4, 0.5) is 0 Å². The maximum atomic E-state index is 8.69. The molecule has 1 N–H and O–H groups in total. The smallest absolute Gasteiger partial charge is 0.123 e. The summed E-state index contributed by atoms with van der Waals surface area (Å²) in [5.41, 5.74) is 2.68. The van der Waals surface area contributed by atoms with Gasteiger partial charge in [0.2, 0.25) is 0 Å². The van der Waals surface area contributed by atoms with Crippen molar-refractivity contribution in [2.24, 2.45) is 0 Å². The maximum absolute atomic E-state index is 8.69. The monoisotopic (exact) mass is 294 g/mol. The first kappa shape index (κ1) is 18.0. The van der Waals surface area contributed by atoms with E-state index in [0.29, 0.717) is 19.8 Å². The van der Waals surface area contributed by atoms with Gasteiger partial charge in [0.05, 0.1) is 19.8 Å². The van der Waals surface area contributed by atoms with E-state index >= 15 is 0 Å². The molecular weight excluding hydrogens is 264 g/mol. The van der Waals surface area contributed by atoms with Gasteiger partial charge in [-0.15, -0.1) is 0 Å². The molecule has 0 aromatic heterocycles. The average molecular weight is 294 g/mol. The lowest BCUT2D eigenvalue weighted by molar-refractivity contribution is 0.0700. The van der Waals surface area contributed by atoms with Gasteiger partial charge in [0, 0.05) is 5.56 Å². The summed E-state index contributed by atoms with van der Waals surface area (Å²) in [6, 6.07) is 6.28. The molecule has 0 amide bonds. The predicted octanol–water partition coefficient (Wildman–Crippen LogP) is 3.67. The van der Waals surface area contributed by atoms with E-state index in [1.54, 1.807) is 0 Å². The highest BCUT2D eigenvalue weighted by atomic mass is 16.5. The van der Waals surface area contributed by atoms with Crippen molar-refractivity contribution in [1.82, 2.24) is 0 Å². The van der Waals surface area contributed by atoms with E-state index in [0.717, 1.165) is 5.75 Å². The van der Waals surface area contributed by atoms with Crippen LogP contribution in [-0.4, -0.2) is 31.5 Å². The van der Waals surface area contributed by atoms with Crippen molar-refractivity contribution in [3.8, 4) is 5.75 Å². The van der Waals surface area contributed by atoms with E-state index in [9.17, 15) is 0 Å². The van der Waals surface area contributed by atoms with Crippen molar-refractivity contribution in [1.29, 1.82) is 0 Å². The number of hydrogen-bond donors (Lipinski definition) is 1. The van der Waals surface area contributed by atoms with Crippen LogP contribution in [0, 0.1) is 0 Å². The van der Waals surface area contributed by atoms with Crippen LogP contribution in [0.2, 0.25) is 0 Å². The largest absolute Gasteiger partial charge is 0.491 e. The van der Waals surface area contributed by atoms with Gasteiger partial charge < -0.3 is 14.6 Å². The fraction of sp³-hybridized carbons (Fsp3) is 0.667. The fourth-order valence-electron chi connectivity index (χ4n) is 2.43. The SMILES string of the molecule is CC(C)(C)c1cccc(OCCOCCO)c1C(C)(C)C. The fourth-order valence-corrected chi connectivity index (χ4v) is 2.43. The van der Waals surface area contributed by atoms with Crippen LogP contribution in [0.1, 0.15) is 52.7 Å². The van der Waals surface area contributed by atoms with Crippen LogP contribution in [0.5, 0.6) is 5.75 Å². The van der Waals surface area contributed by atoms with Crippen LogP contribution in [0.15, 0.2) is 18.2 Å². The summed E-state index contributed by atoms with van der Waals surface area (Å²) >= 11 is 0. The molecule has 0 heterocycles. The summed E-state index contributed by atoms with van der Waals surface area (Å²) in [6.45, 7) is 14.7. The van der Waals surface area contributed by atoms with E-state index in [-0.39, 0.29) is 17.4 Å². The first-order chi connectivity index (χ1) is 9.68. The number of benzene rings is 1. The molecule has 0 saturated heterocycles. The van der Waals surface area contributed by atoms with E-state index in [1.165, 1.54) is 11.1 Å². The van der Waals surface area contributed by atoms with Gasteiger partial charge >= 0.3 is 0 Å². The Morgan fingerprint density at radius 3 is 2.10 bits per heavy atom. The molecule has 3 heteroatoms. The molecule has 0 atom stereocenters. The van der Waals surface area contributed by atoms with E-state index in [1.807, 2.05) is 6.07 Å². The Hall–Kier alpha value is -1.06. The maximum Gasteiger partial charge on any atom is 0.123 e. The first-order valence-corrected chi connectivity index (χ1v) is 7.63. The quantitative estimate of drug-likeness (QED) is 0.814. The van der Waals surface area contributed by atoms with Gasteiger partial charge in [-0.25, -0.2) is 0 Å². The third-order valence-electron chi connectivity index (χ3n) is 3.31. The normalized spacial score (nSPS) is 12.5. The lowest BCUT2D eigenvalue weighted by Crippen LogP contribution is -2.23. The number of aliphatic hydroxyl groups excluding tert-OH is 1. The standard InChI is InChI=1S/C18H30O3/c1-17(2,3)14-8-7-9-15(16(14)18(4,5)6)21-13-12-20-11-10-19/h7-9,19H,10-13H2,1-6H3. The van der Waals surface area contributed by atoms with E-state index in [4.69, 9.17) is 14.6 Å². The third-order valence-corrected chi connectivity index (χ3v) is 3.31. The second-order valence-electron chi connectivity index (χ2n) is 7.36. The molecule has 1 rings (SSSR count). The molecule has 0 saturated carbocycles. The molecular formula is C18H30O3. The molecule has 1 aromatic rings. The van der Waals surface area contributed by atoms with Crippen molar-refractivity contribution in [3.63, 3.8) is 0 Å². The Balaban J connectivity index is 2.98. The van der Waals surface area contributed by atoms with Gasteiger partial charge in [0.15, 0.2) is 0 Å². The number of aliphatic hydroxyl groups is 1. The Labute approximate surface area is 129 Å². The zero-order valence-corrected chi connectivity index (χ0v) is 14.3. The van der Waals surface area contributed by atoms with Crippen LogP contribution in [-0.2, 0) is 15.6 Å². The molecule has 0 radical (unpaired) electrons. The summed E-state index contributed by atoms with van der Waals surface area (Å²) in [6.07, 6.45) is 0. The van der Waals surface area contributed by atoms with Crippen LogP contribution in [0.3, 0.4) is 0 Å². The summed E-state index contributed by atoms with van der Waals surface area (Å²) in [5.74, 6) is 0.933. The minimum Gasteiger partial charge on any atom is -0.491 e. The van der Waals surface area contributed by atoms with Crippen LogP contribution >= 0.6 is 0 Å². The molecule has 21 heavy (non-hydrogen) atoms. The zero-order chi connectivity index (χ0) is 16.1. The predicted molar refractivity (Wildman–Crippen MR) is 87.2 cm³/mol. The van der Waals surface area contributed by atoms with E-state index in [2.05, 4.69) is 53.7 Å². The Morgan fingerprint density at radius 2 is 1.57 bits per heavy atom. The number of hydrogen-bond acceptors (Lipinski definition) is 3. The van der Waals surface area contributed by atoms with Gasteiger partial charge in [0.25, 0.3) is 0 Å². The summed E-state index contributed by atoms with van der Waals surface area (Å²) in [5, 5.41) is 8.69. The lowest BCUT2D eigenvalue weighted by atomic mass is 9.75. The van der Waals surface area contributed by atoms with Crippen molar-refractivity contribution in [2.45, 2.75) is 52.4 Å². The first-order valence-electron chi connectivity index (χ1n) is 7.63. The minimum absolute atomic E-state index is 0.0190. The van der Waals surface area contributed by atoms with Crippen molar-refractivity contribution in [3.05, 3.63) is 29.3 Å². The van der Waals surface area contributed by atoms with Gasteiger partial charge in [-0.2, -0.15) is 0 Å². The van der Waals surface area contributed by atoms with Crippen molar-refractivity contribution in [2.75, 3.05) is 26.4 Å². The molecule has 0 aliphatic heterocycles. The van der Waals surface area contributed by atoms with Crippen LogP contribution < -0.4 is 4.74 Å². The minimum atomic E-state index is 0.0190. The Bertz CT molecular complexity index is 439. The van der Waals surface area contributed by atoms with Gasteiger partial charge in [0.1, 0.15) is 12.4 Å². The summed E-state index contributed by atoms with van der Waals surface area (Å²) in [7, 11) is 0. The highest BCUT2D eigenvalue weighted by molar-refractivity contribution is 5.47. The number of ether oxygens (including phenoxy) is 2. The molecule has 0 bridgehead atoms. The highest BCUT2D eigenvalue weighted by Gasteiger charge is 2.28. The Kier molecular flexibility index (Phi) is 6.24. The van der Waals surface area contributed by atoms with Crippen LogP contribution in [0.25, 0.3) is 0 Å². The van der Waals surface area contributed by atoms with Crippen molar-refractivity contribution >= 4 is 0 Å². The lowest BCUT2D eigenvalue weighted by Gasteiger charge is -2.31. The summed E-state index contributed by atoms with van der Waals surface area (Å²) in [4.78, 5) is 0. The number of rotatable bonds is 6. The second-order valence-corrected chi connectivity index (χ2v) is 7.36. The van der Waals surface area contributed by atoms with Crippen molar-refractivity contribution < 1.29 is 14.6 Å². The van der Waals surface area contributed by atoms with Gasteiger partial charge in [-0.05, 0) is 22.5 Å². The molecule has 120 valence electrons. The molecule has 1 aromatic carbocycles. The molecule has 3 nitrogen and oxygen atoms in total. The van der Waals surface area contributed by atoms with Gasteiger partial charge in [-0.1, -0.05) is 53.7 Å². The average Bonchev–Trinajstić information content (AvgIpc) is 2.36. The molecule has 0 spiro atoms. The molecule has 0 fully saturated rings. The second kappa shape index (κ2) is 7.28. The highest BCUT2D eigenvalue weighted by Crippen LogP contribution is 2.39. The summed E-state index contributed by atoms with van der Waals surface area (Å²) < 4.78 is 11.2. The zero-order valence-electron chi connectivity index (χ0n) is 14.3. The molecule has 0 aliphatic rings.